The molecule has 1 heterocycles. The first-order valence-electron chi connectivity index (χ1n) is 6.39. The summed E-state index contributed by atoms with van der Waals surface area (Å²) in [5.41, 5.74) is 5.93. The Bertz CT molecular complexity index is 233. The second-order valence-electron chi connectivity index (χ2n) is 4.73. The van der Waals surface area contributed by atoms with Gasteiger partial charge in [-0.15, -0.1) is 0 Å². The molecule has 0 radical (unpaired) electrons. The van der Waals surface area contributed by atoms with Crippen LogP contribution in [0.5, 0.6) is 0 Å². The molecule has 0 aromatic carbocycles. The van der Waals surface area contributed by atoms with Crippen molar-refractivity contribution in [1.82, 2.24) is 9.80 Å². The van der Waals surface area contributed by atoms with E-state index in [1.807, 2.05) is 0 Å². The maximum absolute atomic E-state index is 5.93. The van der Waals surface area contributed by atoms with Gasteiger partial charge in [-0.2, -0.15) is 0 Å². The third-order valence-electron chi connectivity index (χ3n) is 3.46. The van der Waals surface area contributed by atoms with Crippen LogP contribution in [0.25, 0.3) is 0 Å². The zero-order chi connectivity index (χ0) is 12.1. The molecular weight excluding hydrogens is 200 g/mol. The number of hydrogen-bond acceptors (Lipinski definition) is 4. The van der Waals surface area contributed by atoms with E-state index in [-0.39, 0.29) is 0 Å². The number of rotatable bonds is 6. The highest BCUT2D eigenvalue weighted by Gasteiger charge is 2.28. The predicted octanol–water partition coefficient (Wildman–Crippen LogP) is 0.983. The van der Waals surface area contributed by atoms with Gasteiger partial charge < -0.3 is 15.5 Å². The van der Waals surface area contributed by atoms with Gasteiger partial charge in [-0.05, 0) is 19.0 Å². The highest BCUT2D eigenvalue weighted by molar-refractivity contribution is 5.80. The van der Waals surface area contributed by atoms with Crippen molar-refractivity contribution in [3.8, 4) is 0 Å². The van der Waals surface area contributed by atoms with E-state index in [2.05, 4.69) is 42.5 Å². The Hall–Kier alpha value is -0.770. The summed E-state index contributed by atoms with van der Waals surface area (Å²) in [4.78, 5) is 9.04. The number of nitrogens with two attached hydrogens (primary N) is 1. The smallest absolute Gasteiger partial charge is 0.191 e. The van der Waals surface area contributed by atoms with Gasteiger partial charge in [0.05, 0.1) is 12.6 Å². The van der Waals surface area contributed by atoms with Crippen LogP contribution in [0.15, 0.2) is 4.99 Å². The first-order valence-corrected chi connectivity index (χ1v) is 6.39. The minimum atomic E-state index is 0.496. The molecule has 0 saturated carbocycles. The summed E-state index contributed by atoms with van der Waals surface area (Å²) >= 11 is 0. The fourth-order valence-electron chi connectivity index (χ4n) is 2.19. The largest absolute Gasteiger partial charge is 0.370 e. The molecule has 1 aliphatic heterocycles. The summed E-state index contributed by atoms with van der Waals surface area (Å²) in [6.45, 7) is 14.0. The van der Waals surface area contributed by atoms with Crippen LogP contribution in [0.1, 0.15) is 27.7 Å². The van der Waals surface area contributed by atoms with Crippen molar-refractivity contribution in [2.24, 2.45) is 16.6 Å². The Morgan fingerprint density at radius 1 is 1.44 bits per heavy atom. The molecule has 0 aromatic heterocycles. The van der Waals surface area contributed by atoms with Crippen LogP contribution >= 0.6 is 0 Å². The third-order valence-corrected chi connectivity index (χ3v) is 3.46. The van der Waals surface area contributed by atoms with Gasteiger partial charge in [0.2, 0.25) is 0 Å². The first-order chi connectivity index (χ1) is 7.60. The summed E-state index contributed by atoms with van der Waals surface area (Å²) < 4.78 is 0. The van der Waals surface area contributed by atoms with E-state index in [0.29, 0.717) is 12.0 Å². The zero-order valence-electron chi connectivity index (χ0n) is 11.1. The predicted molar refractivity (Wildman–Crippen MR) is 69.6 cm³/mol. The van der Waals surface area contributed by atoms with E-state index in [9.17, 15) is 0 Å². The fraction of sp³-hybridized carbons (Fsp3) is 0.917. The molecule has 16 heavy (non-hydrogen) atoms. The molecule has 0 bridgehead atoms. The van der Waals surface area contributed by atoms with E-state index in [0.717, 1.165) is 38.7 Å². The van der Waals surface area contributed by atoms with E-state index < -0.39 is 0 Å². The lowest BCUT2D eigenvalue weighted by molar-refractivity contribution is 0.222. The van der Waals surface area contributed by atoms with E-state index in [4.69, 9.17) is 5.73 Å². The third kappa shape index (κ3) is 3.11. The molecule has 1 atom stereocenters. The Balaban J connectivity index is 2.47. The summed E-state index contributed by atoms with van der Waals surface area (Å²) in [7, 11) is 0. The second kappa shape index (κ2) is 6.09. The fourth-order valence-corrected chi connectivity index (χ4v) is 2.19. The van der Waals surface area contributed by atoms with Crippen LogP contribution in [0.3, 0.4) is 0 Å². The van der Waals surface area contributed by atoms with Crippen molar-refractivity contribution in [1.29, 1.82) is 0 Å². The van der Waals surface area contributed by atoms with Gasteiger partial charge in [0.1, 0.15) is 0 Å². The number of guanidine groups is 1. The SMILES string of the molecule is CCN(CC)CCN1C(N)=NCC1C(C)C. The Morgan fingerprint density at radius 3 is 2.56 bits per heavy atom. The van der Waals surface area contributed by atoms with Crippen molar-refractivity contribution < 1.29 is 0 Å². The van der Waals surface area contributed by atoms with Crippen molar-refractivity contribution in [3.05, 3.63) is 0 Å². The topological polar surface area (TPSA) is 44.9 Å². The van der Waals surface area contributed by atoms with Crippen molar-refractivity contribution >= 4 is 5.96 Å². The van der Waals surface area contributed by atoms with Gasteiger partial charge in [-0.1, -0.05) is 27.7 Å². The molecule has 0 saturated heterocycles. The molecule has 0 aromatic rings. The van der Waals surface area contributed by atoms with Crippen molar-refractivity contribution in [2.75, 3.05) is 32.7 Å². The van der Waals surface area contributed by atoms with Crippen molar-refractivity contribution in [2.45, 2.75) is 33.7 Å². The molecule has 1 rings (SSSR count). The zero-order valence-corrected chi connectivity index (χ0v) is 11.1. The molecule has 1 unspecified atom stereocenters. The van der Waals surface area contributed by atoms with Crippen LogP contribution in [0.2, 0.25) is 0 Å². The van der Waals surface area contributed by atoms with Gasteiger partial charge in [0.25, 0.3) is 0 Å². The van der Waals surface area contributed by atoms with E-state index in [1.165, 1.54) is 0 Å². The van der Waals surface area contributed by atoms with E-state index in [1.54, 1.807) is 0 Å². The lowest BCUT2D eigenvalue weighted by Gasteiger charge is -2.31. The molecule has 0 aliphatic carbocycles. The molecule has 0 amide bonds. The number of nitrogens with zero attached hydrogens (tertiary/aromatic N) is 3. The summed E-state index contributed by atoms with van der Waals surface area (Å²) in [5, 5.41) is 0. The Kier molecular flexibility index (Phi) is 5.06. The number of aliphatic imine (C=N–C) groups is 1. The lowest BCUT2D eigenvalue weighted by Crippen LogP contribution is -2.46. The summed E-state index contributed by atoms with van der Waals surface area (Å²) in [6.07, 6.45) is 0. The van der Waals surface area contributed by atoms with Crippen LogP contribution in [0, 0.1) is 5.92 Å². The van der Waals surface area contributed by atoms with Crippen LogP contribution in [-0.2, 0) is 0 Å². The van der Waals surface area contributed by atoms with Crippen LogP contribution in [-0.4, -0.2) is 54.5 Å². The van der Waals surface area contributed by atoms with Gasteiger partial charge in [0.15, 0.2) is 5.96 Å². The van der Waals surface area contributed by atoms with Gasteiger partial charge in [-0.25, -0.2) is 0 Å². The highest BCUT2D eigenvalue weighted by Crippen LogP contribution is 2.16. The average molecular weight is 226 g/mol. The Labute approximate surface area is 99.5 Å². The maximum Gasteiger partial charge on any atom is 0.191 e. The maximum atomic E-state index is 5.93. The normalized spacial score (nSPS) is 21.0. The van der Waals surface area contributed by atoms with Gasteiger partial charge in [-0.3, -0.25) is 4.99 Å². The van der Waals surface area contributed by atoms with Crippen LogP contribution in [0.4, 0.5) is 0 Å². The molecule has 4 nitrogen and oxygen atoms in total. The van der Waals surface area contributed by atoms with Crippen LogP contribution < -0.4 is 5.73 Å². The van der Waals surface area contributed by atoms with Gasteiger partial charge >= 0.3 is 0 Å². The monoisotopic (exact) mass is 226 g/mol. The molecule has 1 aliphatic rings. The molecule has 4 heteroatoms. The molecule has 2 N–H and O–H groups in total. The van der Waals surface area contributed by atoms with Crippen molar-refractivity contribution in [3.63, 3.8) is 0 Å². The summed E-state index contributed by atoms with van der Waals surface area (Å²) in [6, 6.07) is 0.496. The van der Waals surface area contributed by atoms with E-state index >= 15 is 0 Å². The number of hydrogen-bond donors (Lipinski definition) is 1. The molecule has 0 fully saturated rings. The minimum Gasteiger partial charge on any atom is -0.370 e. The summed E-state index contributed by atoms with van der Waals surface area (Å²) in [5.74, 6) is 1.34. The average Bonchev–Trinajstić information content (AvgIpc) is 2.62. The standard InChI is InChI=1S/C12H26N4/c1-5-15(6-2)7-8-16-11(10(3)4)9-14-12(16)13/h10-11H,5-9H2,1-4H3,(H2,13,14). The second-order valence-corrected chi connectivity index (χ2v) is 4.73. The quantitative estimate of drug-likeness (QED) is 0.734. The molecule has 0 spiro atoms. The lowest BCUT2D eigenvalue weighted by atomic mass is 10.0. The number of likely N-dealkylation sites (N-methyl/N-ethyl adjacent to an activating group) is 1. The minimum absolute atomic E-state index is 0.496. The molecule has 94 valence electrons. The first kappa shape index (κ1) is 13.3. The van der Waals surface area contributed by atoms with Gasteiger partial charge in [0, 0.05) is 13.1 Å². The highest BCUT2D eigenvalue weighted by atomic mass is 15.3. The Morgan fingerprint density at radius 2 is 2.06 bits per heavy atom. The molecular formula is C12H26N4.